The second-order valence-corrected chi connectivity index (χ2v) is 4.44. The fraction of sp³-hybridized carbons (Fsp3) is 0.818. The van der Waals surface area contributed by atoms with Crippen molar-refractivity contribution >= 4 is 23.1 Å². The molecule has 0 aliphatic rings. The Labute approximate surface area is 103 Å². The first-order valence-corrected chi connectivity index (χ1v) is 6.06. The molecule has 5 heteroatoms. The van der Waals surface area contributed by atoms with Gasteiger partial charge in [0.05, 0.1) is 10.9 Å². The second-order valence-electron chi connectivity index (χ2n) is 3.97. The molecule has 4 nitrogen and oxygen atoms in total. The third-order valence-corrected chi connectivity index (χ3v) is 2.48. The van der Waals surface area contributed by atoms with Gasteiger partial charge in [-0.3, -0.25) is 4.79 Å². The smallest absolute Gasteiger partial charge is 0.230 e. The van der Waals surface area contributed by atoms with Gasteiger partial charge in [0.15, 0.2) is 0 Å². The summed E-state index contributed by atoms with van der Waals surface area (Å²) >= 11 is 4.88. The largest absolute Gasteiger partial charge is 0.393 e. The lowest BCUT2D eigenvalue weighted by molar-refractivity contribution is -0.124. The molecule has 0 saturated carbocycles. The summed E-state index contributed by atoms with van der Waals surface area (Å²) < 4.78 is 5.17. The molecule has 16 heavy (non-hydrogen) atoms. The predicted octanol–water partition coefficient (Wildman–Crippen LogP) is 1.09. The quantitative estimate of drug-likeness (QED) is 0.497. The highest BCUT2D eigenvalue weighted by atomic mass is 32.1. The summed E-state index contributed by atoms with van der Waals surface area (Å²) in [6, 6.07) is 0. The molecule has 0 saturated heterocycles. The number of ether oxygens (including phenoxy) is 1. The van der Waals surface area contributed by atoms with E-state index in [2.05, 4.69) is 5.32 Å². The maximum absolute atomic E-state index is 11.7. The fourth-order valence-corrected chi connectivity index (χ4v) is 1.78. The van der Waals surface area contributed by atoms with Crippen LogP contribution in [-0.2, 0) is 9.53 Å². The SMILES string of the molecule is CCOCCCNC(=O)C(C(N)=S)C(C)C. The summed E-state index contributed by atoms with van der Waals surface area (Å²) in [5.74, 6) is -0.328. The highest BCUT2D eigenvalue weighted by molar-refractivity contribution is 7.80. The Morgan fingerprint density at radius 1 is 1.50 bits per heavy atom. The van der Waals surface area contributed by atoms with Gasteiger partial charge in [-0.1, -0.05) is 26.1 Å². The van der Waals surface area contributed by atoms with Crippen LogP contribution in [0.15, 0.2) is 0 Å². The van der Waals surface area contributed by atoms with Crippen LogP contribution in [-0.4, -0.2) is 30.7 Å². The van der Waals surface area contributed by atoms with Gasteiger partial charge in [0, 0.05) is 19.8 Å². The van der Waals surface area contributed by atoms with Crippen molar-refractivity contribution in [2.45, 2.75) is 27.2 Å². The monoisotopic (exact) mass is 246 g/mol. The molecule has 0 aliphatic carbocycles. The zero-order valence-electron chi connectivity index (χ0n) is 10.3. The lowest BCUT2D eigenvalue weighted by Crippen LogP contribution is -2.41. The molecule has 94 valence electrons. The van der Waals surface area contributed by atoms with E-state index in [1.807, 2.05) is 20.8 Å². The zero-order chi connectivity index (χ0) is 12.6. The lowest BCUT2D eigenvalue weighted by atomic mass is 9.95. The second kappa shape index (κ2) is 8.47. The molecule has 0 radical (unpaired) electrons. The van der Waals surface area contributed by atoms with Crippen molar-refractivity contribution in [3.05, 3.63) is 0 Å². The van der Waals surface area contributed by atoms with Gasteiger partial charge >= 0.3 is 0 Å². The summed E-state index contributed by atoms with van der Waals surface area (Å²) in [7, 11) is 0. The Bertz CT molecular complexity index is 232. The van der Waals surface area contributed by atoms with E-state index in [1.54, 1.807) is 0 Å². The fourth-order valence-electron chi connectivity index (χ4n) is 1.40. The van der Waals surface area contributed by atoms with Gasteiger partial charge in [0.1, 0.15) is 0 Å². The van der Waals surface area contributed by atoms with Crippen molar-refractivity contribution in [3.63, 3.8) is 0 Å². The lowest BCUT2D eigenvalue weighted by Gasteiger charge is -2.18. The Morgan fingerprint density at radius 2 is 2.12 bits per heavy atom. The molecule has 1 atom stereocenters. The molecule has 3 N–H and O–H groups in total. The van der Waals surface area contributed by atoms with Gasteiger partial charge in [-0.15, -0.1) is 0 Å². The number of thiocarbonyl (C=S) groups is 1. The number of amides is 1. The van der Waals surface area contributed by atoms with E-state index in [1.165, 1.54) is 0 Å². The first kappa shape index (κ1) is 15.3. The van der Waals surface area contributed by atoms with E-state index in [0.29, 0.717) is 19.8 Å². The number of carbonyl (C=O) groups excluding carboxylic acids is 1. The van der Waals surface area contributed by atoms with Crippen LogP contribution in [0, 0.1) is 11.8 Å². The molecule has 1 amide bonds. The van der Waals surface area contributed by atoms with Gasteiger partial charge in [-0.25, -0.2) is 0 Å². The summed E-state index contributed by atoms with van der Waals surface area (Å²) in [6.07, 6.45) is 0.807. The normalized spacial score (nSPS) is 12.5. The number of rotatable bonds is 8. The van der Waals surface area contributed by atoms with Crippen LogP contribution in [0.1, 0.15) is 27.2 Å². The number of hydrogen-bond donors (Lipinski definition) is 2. The molecule has 0 fully saturated rings. The van der Waals surface area contributed by atoms with Gasteiger partial charge in [0.25, 0.3) is 0 Å². The van der Waals surface area contributed by atoms with Crippen molar-refractivity contribution in [2.75, 3.05) is 19.8 Å². The Morgan fingerprint density at radius 3 is 2.56 bits per heavy atom. The minimum atomic E-state index is -0.373. The van der Waals surface area contributed by atoms with Gasteiger partial charge in [0.2, 0.25) is 5.91 Å². The number of carbonyl (C=O) groups is 1. The van der Waals surface area contributed by atoms with E-state index in [9.17, 15) is 4.79 Å². The van der Waals surface area contributed by atoms with Crippen LogP contribution in [0.2, 0.25) is 0 Å². The third-order valence-electron chi connectivity index (χ3n) is 2.22. The molecule has 0 aromatic rings. The molecule has 1 unspecified atom stereocenters. The highest BCUT2D eigenvalue weighted by Crippen LogP contribution is 2.11. The van der Waals surface area contributed by atoms with Gasteiger partial charge in [-0.2, -0.15) is 0 Å². The molecule has 0 aromatic heterocycles. The predicted molar refractivity (Wildman–Crippen MR) is 69.2 cm³/mol. The topological polar surface area (TPSA) is 64.3 Å². The van der Waals surface area contributed by atoms with E-state index in [4.69, 9.17) is 22.7 Å². The summed E-state index contributed by atoms with van der Waals surface area (Å²) in [5.41, 5.74) is 5.54. The molecule has 0 bridgehead atoms. The van der Waals surface area contributed by atoms with Crippen molar-refractivity contribution in [2.24, 2.45) is 17.6 Å². The summed E-state index contributed by atoms with van der Waals surface area (Å²) in [4.78, 5) is 12.0. The van der Waals surface area contributed by atoms with E-state index in [0.717, 1.165) is 6.42 Å². The Hall–Kier alpha value is -0.680. The molecular formula is C11H22N2O2S. The minimum absolute atomic E-state index is 0.0843. The molecule has 0 heterocycles. The molecule has 0 spiro atoms. The van der Waals surface area contributed by atoms with Crippen LogP contribution in [0.4, 0.5) is 0 Å². The summed E-state index contributed by atoms with van der Waals surface area (Å²) in [5, 5.41) is 2.82. The molecule has 0 rings (SSSR count). The number of nitrogens with two attached hydrogens (primary N) is 1. The molecule has 0 aromatic carbocycles. The van der Waals surface area contributed by atoms with E-state index >= 15 is 0 Å². The van der Waals surface area contributed by atoms with Crippen LogP contribution in [0.3, 0.4) is 0 Å². The van der Waals surface area contributed by atoms with Crippen LogP contribution < -0.4 is 11.1 Å². The van der Waals surface area contributed by atoms with Crippen molar-refractivity contribution in [1.82, 2.24) is 5.32 Å². The van der Waals surface area contributed by atoms with Crippen LogP contribution >= 0.6 is 12.2 Å². The van der Waals surface area contributed by atoms with Crippen molar-refractivity contribution < 1.29 is 9.53 Å². The minimum Gasteiger partial charge on any atom is -0.393 e. The van der Waals surface area contributed by atoms with E-state index in [-0.39, 0.29) is 22.7 Å². The summed E-state index contributed by atoms with van der Waals surface area (Å²) in [6.45, 7) is 7.78. The van der Waals surface area contributed by atoms with Crippen LogP contribution in [0.5, 0.6) is 0 Å². The Kier molecular flexibility index (Phi) is 8.11. The maximum atomic E-state index is 11.7. The molecule has 0 aliphatic heterocycles. The zero-order valence-corrected chi connectivity index (χ0v) is 11.1. The number of hydrogen-bond acceptors (Lipinski definition) is 3. The average molecular weight is 246 g/mol. The van der Waals surface area contributed by atoms with E-state index < -0.39 is 0 Å². The van der Waals surface area contributed by atoms with Crippen molar-refractivity contribution in [1.29, 1.82) is 0 Å². The standard InChI is InChI=1S/C11H22N2O2S/c1-4-15-7-5-6-13-11(14)9(8(2)3)10(12)16/h8-9H,4-7H2,1-3H3,(H2,12,16)(H,13,14). The molecular weight excluding hydrogens is 224 g/mol. The van der Waals surface area contributed by atoms with Crippen molar-refractivity contribution in [3.8, 4) is 0 Å². The maximum Gasteiger partial charge on any atom is 0.230 e. The Balaban J connectivity index is 3.89. The van der Waals surface area contributed by atoms with Gasteiger partial charge in [-0.05, 0) is 19.3 Å². The first-order chi connectivity index (χ1) is 7.50. The van der Waals surface area contributed by atoms with Crippen LogP contribution in [0.25, 0.3) is 0 Å². The highest BCUT2D eigenvalue weighted by Gasteiger charge is 2.24. The van der Waals surface area contributed by atoms with Gasteiger partial charge < -0.3 is 15.8 Å². The first-order valence-electron chi connectivity index (χ1n) is 5.65. The number of nitrogens with one attached hydrogen (secondary N) is 1. The third kappa shape index (κ3) is 6.02. The average Bonchev–Trinajstić information content (AvgIpc) is 2.16.